The van der Waals surface area contributed by atoms with Crippen molar-refractivity contribution in [2.45, 2.75) is 25.9 Å². The van der Waals surface area contributed by atoms with Crippen molar-refractivity contribution in [3.05, 3.63) is 42.3 Å². The van der Waals surface area contributed by atoms with Crippen molar-refractivity contribution in [1.29, 1.82) is 0 Å². The van der Waals surface area contributed by atoms with Crippen LogP contribution in [-0.4, -0.2) is 16.4 Å². The van der Waals surface area contributed by atoms with E-state index in [1.54, 1.807) is 6.92 Å². The van der Waals surface area contributed by atoms with Crippen molar-refractivity contribution in [3.63, 3.8) is 0 Å². The number of rotatable bonds is 7. The highest BCUT2D eigenvalue weighted by molar-refractivity contribution is 5.85. The van der Waals surface area contributed by atoms with Gasteiger partial charge in [-0.1, -0.05) is 18.5 Å². The predicted molar refractivity (Wildman–Crippen MR) is 77.0 cm³/mol. The highest BCUT2D eigenvalue weighted by Crippen LogP contribution is 2.49. The number of nitrogens with one attached hydrogen (secondary N) is 1. The molecule has 0 aliphatic rings. The molecule has 0 atom stereocenters. The molecule has 0 fully saturated rings. The molecular formula is C11H11F3N6O4. The van der Waals surface area contributed by atoms with E-state index in [1.165, 1.54) is 0 Å². The number of benzene rings is 1. The summed E-state index contributed by atoms with van der Waals surface area (Å²) in [6, 6.07) is 0.116. The summed E-state index contributed by atoms with van der Waals surface area (Å²) in [4.78, 5) is 22.0. The molecule has 1 aromatic carbocycles. The Morgan fingerprint density at radius 3 is 2.38 bits per heavy atom. The van der Waals surface area contributed by atoms with E-state index in [0.29, 0.717) is 12.8 Å². The van der Waals surface area contributed by atoms with Crippen molar-refractivity contribution >= 4 is 22.7 Å². The molecule has 0 bridgehead atoms. The highest BCUT2D eigenvalue weighted by Gasteiger charge is 2.42. The summed E-state index contributed by atoms with van der Waals surface area (Å²) in [7, 11) is 0. The van der Waals surface area contributed by atoms with Crippen molar-refractivity contribution < 1.29 is 23.0 Å². The first-order valence-electron chi connectivity index (χ1n) is 6.51. The van der Waals surface area contributed by atoms with Crippen LogP contribution in [0.25, 0.3) is 10.4 Å². The number of nitro benzene ring substituents is 2. The second-order valence-corrected chi connectivity index (χ2v) is 4.50. The topological polar surface area (TPSA) is 147 Å². The standard InChI is InChI=1S/C11H11F3N6O4/c1-2-3-4-16-9-7(19(21)22)5-6(11(12,13)14)8(17-18-15)10(9)20(23)24/h5,16H,2-4H2,1H3. The average Bonchev–Trinajstić information content (AvgIpc) is 2.45. The van der Waals surface area contributed by atoms with Gasteiger partial charge >= 0.3 is 11.9 Å². The molecule has 1 N–H and O–H groups in total. The SMILES string of the molecule is CCCCNc1c([N+](=O)[O-])cc(C(F)(F)F)c(N=[N+]=[N-])c1[N+](=O)[O-]. The smallest absolute Gasteiger partial charge is 0.374 e. The van der Waals surface area contributed by atoms with Crippen LogP contribution < -0.4 is 5.32 Å². The molecule has 0 heterocycles. The molecule has 0 amide bonds. The van der Waals surface area contributed by atoms with Crippen LogP contribution in [0.1, 0.15) is 25.3 Å². The number of anilines is 1. The van der Waals surface area contributed by atoms with Crippen molar-refractivity contribution in [3.8, 4) is 0 Å². The Morgan fingerprint density at radius 1 is 1.33 bits per heavy atom. The lowest BCUT2D eigenvalue weighted by atomic mass is 10.1. The van der Waals surface area contributed by atoms with Gasteiger partial charge in [-0.25, -0.2) is 0 Å². The van der Waals surface area contributed by atoms with Gasteiger partial charge in [0, 0.05) is 17.5 Å². The van der Waals surface area contributed by atoms with Gasteiger partial charge in [-0.2, -0.15) is 13.2 Å². The summed E-state index contributed by atoms with van der Waals surface area (Å²) in [5.74, 6) is 0. The lowest BCUT2D eigenvalue weighted by Crippen LogP contribution is -2.12. The summed E-state index contributed by atoms with van der Waals surface area (Å²) >= 11 is 0. The number of hydrogen-bond donors (Lipinski definition) is 1. The predicted octanol–water partition coefficient (Wildman–Crippen LogP) is 4.68. The number of alkyl halides is 3. The Bertz CT molecular complexity index is 715. The third kappa shape index (κ3) is 4.01. The lowest BCUT2D eigenvalue weighted by Gasteiger charge is -2.14. The number of hydrogen-bond acceptors (Lipinski definition) is 6. The van der Waals surface area contributed by atoms with Crippen LogP contribution in [-0.2, 0) is 6.18 Å². The quantitative estimate of drug-likeness (QED) is 0.190. The van der Waals surface area contributed by atoms with Gasteiger partial charge in [0.05, 0.1) is 15.4 Å². The maximum Gasteiger partial charge on any atom is 0.417 e. The van der Waals surface area contributed by atoms with Crippen LogP contribution in [0.5, 0.6) is 0 Å². The Balaban J connectivity index is 3.84. The number of nitro groups is 2. The van der Waals surface area contributed by atoms with E-state index in [4.69, 9.17) is 5.53 Å². The number of halogens is 3. The fourth-order valence-electron chi connectivity index (χ4n) is 1.89. The zero-order chi connectivity index (χ0) is 18.5. The van der Waals surface area contributed by atoms with Crippen molar-refractivity contribution in [1.82, 2.24) is 0 Å². The van der Waals surface area contributed by atoms with E-state index in [2.05, 4.69) is 15.3 Å². The molecule has 24 heavy (non-hydrogen) atoms. The normalized spacial score (nSPS) is 10.8. The van der Waals surface area contributed by atoms with E-state index in [9.17, 15) is 33.4 Å². The molecule has 1 rings (SSSR count). The number of unbranched alkanes of at least 4 members (excludes halogenated alkanes) is 1. The molecule has 10 nitrogen and oxygen atoms in total. The lowest BCUT2D eigenvalue weighted by molar-refractivity contribution is -0.392. The van der Waals surface area contributed by atoms with E-state index in [-0.39, 0.29) is 12.6 Å². The molecule has 0 saturated carbocycles. The summed E-state index contributed by atoms with van der Waals surface area (Å²) < 4.78 is 39.1. The Hall–Kier alpha value is -3.08. The summed E-state index contributed by atoms with van der Waals surface area (Å²) in [6.07, 6.45) is -4.08. The second kappa shape index (κ2) is 7.46. The summed E-state index contributed by atoms with van der Waals surface area (Å²) in [6.45, 7) is 1.84. The van der Waals surface area contributed by atoms with Gasteiger partial charge in [0.15, 0.2) is 5.69 Å². The summed E-state index contributed by atoms with van der Waals surface area (Å²) in [5, 5.41) is 27.4. The molecule has 0 unspecified atom stereocenters. The minimum absolute atomic E-state index is 0.0548. The van der Waals surface area contributed by atoms with Crippen LogP contribution in [0.15, 0.2) is 11.2 Å². The monoisotopic (exact) mass is 348 g/mol. The fraction of sp³-hybridized carbons (Fsp3) is 0.455. The third-order valence-corrected chi connectivity index (χ3v) is 2.91. The van der Waals surface area contributed by atoms with Crippen LogP contribution >= 0.6 is 0 Å². The highest BCUT2D eigenvalue weighted by atomic mass is 19.4. The average molecular weight is 348 g/mol. The Labute approximate surface area is 132 Å². The Kier molecular flexibility index (Phi) is 5.89. The minimum Gasteiger partial charge on any atom is -0.374 e. The molecule has 0 aliphatic carbocycles. The van der Waals surface area contributed by atoms with Gasteiger partial charge in [0.2, 0.25) is 0 Å². The fourth-order valence-corrected chi connectivity index (χ4v) is 1.89. The van der Waals surface area contributed by atoms with Gasteiger partial charge in [-0.05, 0) is 12.0 Å². The molecule has 0 spiro atoms. The zero-order valence-electron chi connectivity index (χ0n) is 12.2. The van der Waals surface area contributed by atoms with Crippen LogP contribution in [0.2, 0.25) is 0 Å². The molecule has 0 radical (unpaired) electrons. The van der Waals surface area contributed by atoms with Crippen molar-refractivity contribution in [2.75, 3.05) is 11.9 Å². The first-order chi connectivity index (χ1) is 11.1. The van der Waals surface area contributed by atoms with Gasteiger partial charge in [-0.3, -0.25) is 20.2 Å². The summed E-state index contributed by atoms with van der Waals surface area (Å²) in [5.41, 5.74) is 2.21. The molecule has 130 valence electrons. The van der Waals surface area contributed by atoms with Gasteiger partial charge in [0.25, 0.3) is 5.69 Å². The van der Waals surface area contributed by atoms with Crippen molar-refractivity contribution in [2.24, 2.45) is 5.11 Å². The number of azide groups is 1. The van der Waals surface area contributed by atoms with Gasteiger partial charge in [0.1, 0.15) is 5.69 Å². The van der Waals surface area contributed by atoms with Crippen LogP contribution in [0, 0.1) is 20.2 Å². The molecule has 13 heteroatoms. The largest absolute Gasteiger partial charge is 0.417 e. The molecular weight excluding hydrogens is 337 g/mol. The van der Waals surface area contributed by atoms with E-state index in [1.807, 2.05) is 0 Å². The maximum atomic E-state index is 13.0. The zero-order valence-corrected chi connectivity index (χ0v) is 12.2. The third-order valence-electron chi connectivity index (χ3n) is 2.91. The Morgan fingerprint density at radius 2 is 1.96 bits per heavy atom. The first kappa shape index (κ1) is 19.0. The van der Waals surface area contributed by atoms with E-state index < -0.39 is 44.3 Å². The van der Waals surface area contributed by atoms with Crippen LogP contribution in [0.4, 0.5) is 35.9 Å². The van der Waals surface area contributed by atoms with E-state index >= 15 is 0 Å². The second-order valence-electron chi connectivity index (χ2n) is 4.50. The molecule has 0 aromatic heterocycles. The van der Waals surface area contributed by atoms with Crippen LogP contribution in [0.3, 0.4) is 0 Å². The number of nitrogens with zero attached hydrogens (tertiary/aromatic N) is 5. The first-order valence-corrected chi connectivity index (χ1v) is 6.51. The maximum absolute atomic E-state index is 13.0. The van der Waals surface area contributed by atoms with Gasteiger partial charge < -0.3 is 5.32 Å². The minimum atomic E-state index is -5.18. The van der Waals surface area contributed by atoms with E-state index in [0.717, 1.165) is 0 Å². The molecule has 0 aliphatic heterocycles. The molecule has 1 aromatic rings. The van der Waals surface area contributed by atoms with Gasteiger partial charge in [-0.15, -0.1) is 0 Å². The molecule has 0 saturated heterocycles.